The molecule has 2 rings (SSSR count). The van der Waals surface area contributed by atoms with Crippen molar-refractivity contribution in [2.24, 2.45) is 11.7 Å². The highest BCUT2D eigenvalue weighted by Gasteiger charge is 2.27. The molecule has 4 heteroatoms. The SMILES string of the molecule is CC1CC(CN)CN1CCSc1ccccc1.Cl. The van der Waals surface area contributed by atoms with E-state index in [-0.39, 0.29) is 12.4 Å². The van der Waals surface area contributed by atoms with Gasteiger partial charge >= 0.3 is 0 Å². The van der Waals surface area contributed by atoms with Crippen LogP contribution in [0, 0.1) is 5.92 Å². The number of nitrogens with zero attached hydrogens (tertiary/aromatic N) is 1. The van der Waals surface area contributed by atoms with Gasteiger partial charge < -0.3 is 5.73 Å². The predicted molar refractivity (Wildman–Crippen MR) is 82.6 cm³/mol. The van der Waals surface area contributed by atoms with Crippen molar-refractivity contribution >= 4 is 24.2 Å². The molecule has 2 nitrogen and oxygen atoms in total. The van der Waals surface area contributed by atoms with Gasteiger partial charge in [-0.05, 0) is 37.9 Å². The summed E-state index contributed by atoms with van der Waals surface area (Å²) >= 11 is 1.95. The highest BCUT2D eigenvalue weighted by molar-refractivity contribution is 7.99. The highest BCUT2D eigenvalue weighted by Crippen LogP contribution is 2.23. The lowest BCUT2D eigenvalue weighted by molar-refractivity contribution is 0.281. The Morgan fingerprint density at radius 1 is 1.33 bits per heavy atom. The zero-order valence-electron chi connectivity index (χ0n) is 10.9. The van der Waals surface area contributed by atoms with Crippen LogP contribution < -0.4 is 5.73 Å². The zero-order chi connectivity index (χ0) is 12.1. The standard InChI is InChI=1S/C14H22N2S.ClH/c1-12-9-13(10-15)11-16(12)7-8-17-14-5-3-2-4-6-14;/h2-6,12-13H,7-11,15H2,1H3;1H. The summed E-state index contributed by atoms with van der Waals surface area (Å²) in [7, 11) is 0. The fourth-order valence-electron chi connectivity index (χ4n) is 2.50. The predicted octanol–water partition coefficient (Wildman–Crippen LogP) is 2.87. The van der Waals surface area contributed by atoms with Crippen LogP contribution in [-0.4, -0.2) is 36.3 Å². The monoisotopic (exact) mass is 286 g/mol. The van der Waals surface area contributed by atoms with Crippen LogP contribution >= 0.6 is 24.2 Å². The normalized spacial score (nSPS) is 23.9. The largest absolute Gasteiger partial charge is 0.330 e. The van der Waals surface area contributed by atoms with Crippen LogP contribution in [0.2, 0.25) is 0 Å². The lowest BCUT2D eigenvalue weighted by Crippen LogP contribution is -2.30. The third kappa shape index (κ3) is 4.47. The summed E-state index contributed by atoms with van der Waals surface area (Å²) < 4.78 is 0. The van der Waals surface area contributed by atoms with Gasteiger partial charge in [-0.25, -0.2) is 0 Å². The van der Waals surface area contributed by atoms with Gasteiger partial charge in [0.2, 0.25) is 0 Å². The molecule has 1 saturated heterocycles. The molecule has 0 spiro atoms. The summed E-state index contributed by atoms with van der Waals surface area (Å²) in [6.45, 7) is 5.53. The van der Waals surface area contributed by atoms with Gasteiger partial charge in [0, 0.05) is 29.8 Å². The maximum absolute atomic E-state index is 5.75. The Morgan fingerprint density at radius 2 is 2.06 bits per heavy atom. The van der Waals surface area contributed by atoms with E-state index in [1.54, 1.807) is 0 Å². The van der Waals surface area contributed by atoms with E-state index < -0.39 is 0 Å². The Morgan fingerprint density at radius 3 is 2.67 bits per heavy atom. The summed E-state index contributed by atoms with van der Waals surface area (Å²) in [5, 5.41) is 0. The Kier molecular flexibility index (Phi) is 7.08. The van der Waals surface area contributed by atoms with Crippen molar-refractivity contribution in [2.45, 2.75) is 24.3 Å². The van der Waals surface area contributed by atoms with Crippen LogP contribution in [0.1, 0.15) is 13.3 Å². The summed E-state index contributed by atoms with van der Waals surface area (Å²) in [5.74, 6) is 1.89. The maximum atomic E-state index is 5.75. The molecule has 0 aliphatic carbocycles. The van der Waals surface area contributed by atoms with Crippen LogP contribution in [0.5, 0.6) is 0 Å². The molecule has 1 heterocycles. The minimum absolute atomic E-state index is 0. The average molecular weight is 287 g/mol. The Balaban J connectivity index is 0.00000162. The average Bonchev–Trinajstić information content (AvgIpc) is 2.72. The Hall–Kier alpha value is -0.220. The summed E-state index contributed by atoms with van der Waals surface area (Å²) in [6.07, 6.45) is 1.27. The molecule has 102 valence electrons. The molecular weight excluding hydrogens is 264 g/mol. The van der Waals surface area contributed by atoms with E-state index in [4.69, 9.17) is 5.73 Å². The Bertz CT molecular complexity index is 334. The molecule has 0 amide bonds. The lowest BCUT2D eigenvalue weighted by atomic mass is 10.1. The topological polar surface area (TPSA) is 29.3 Å². The first kappa shape index (κ1) is 15.8. The van der Waals surface area contributed by atoms with Gasteiger partial charge in [0.25, 0.3) is 0 Å². The van der Waals surface area contributed by atoms with Crippen molar-refractivity contribution in [1.82, 2.24) is 4.90 Å². The minimum Gasteiger partial charge on any atom is -0.330 e. The quantitative estimate of drug-likeness (QED) is 0.844. The second kappa shape index (κ2) is 8.05. The number of rotatable bonds is 5. The fourth-order valence-corrected chi connectivity index (χ4v) is 3.41. The zero-order valence-corrected chi connectivity index (χ0v) is 12.6. The molecule has 1 aromatic carbocycles. The van der Waals surface area contributed by atoms with E-state index in [0.29, 0.717) is 12.0 Å². The summed E-state index contributed by atoms with van der Waals surface area (Å²) in [6, 6.07) is 11.3. The van der Waals surface area contributed by atoms with E-state index in [2.05, 4.69) is 42.2 Å². The van der Waals surface area contributed by atoms with E-state index in [1.807, 2.05) is 11.8 Å². The van der Waals surface area contributed by atoms with Crippen molar-refractivity contribution in [3.05, 3.63) is 30.3 Å². The number of halogens is 1. The van der Waals surface area contributed by atoms with Crippen LogP contribution in [0.3, 0.4) is 0 Å². The molecule has 1 aliphatic rings. The van der Waals surface area contributed by atoms with E-state index >= 15 is 0 Å². The fraction of sp³-hybridized carbons (Fsp3) is 0.571. The molecule has 18 heavy (non-hydrogen) atoms. The minimum atomic E-state index is 0. The molecular formula is C14H23ClN2S. The number of thioether (sulfide) groups is 1. The maximum Gasteiger partial charge on any atom is 0.0108 e. The van der Waals surface area contributed by atoms with Crippen LogP contribution in [0.4, 0.5) is 0 Å². The number of benzene rings is 1. The summed E-state index contributed by atoms with van der Waals surface area (Å²) in [4.78, 5) is 3.95. The van der Waals surface area contributed by atoms with Crippen molar-refractivity contribution in [3.8, 4) is 0 Å². The second-order valence-electron chi connectivity index (χ2n) is 4.84. The van der Waals surface area contributed by atoms with Gasteiger partial charge in [-0.15, -0.1) is 24.2 Å². The van der Waals surface area contributed by atoms with E-state index in [9.17, 15) is 0 Å². The number of likely N-dealkylation sites (tertiary alicyclic amines) is 1. The molecule has 2 unspecified atom stereocenters. The number of hydrogen-bond acceptors (Lipinski definition) is 3. The summed E-state index contributed by atoms with van der Waals surface area (Å²) in [5.41, 5.74) is 5.75. The molecule has 2 N–H and O–H groups in total. The number of nitrogens with two attached hydrogens (primary N) is 1. The molecule has 2 atom stereocenters. The molecule has 0 radical (unpaired) electrons. The second-order valence-corrected chi connectivity index (χ2v) is 6.01. The van der Waals surface area contributed by atoms with Crippen molar-refractivity contribution < 1.29 is 0 Å². The molecule has 0 aromatic heterocycles. The molecule has 0 saturated carbocycles. The van der Waals surface area contributed by atoms with Gasteiger partial charge in [0.1, 0.15) is 0 Å². The van der Waals surface area contributed by atoms with Gasteiger partial charge in [0.15, 0.2) is 0 Å². The van der Waals surface area contributed by atoms with Crippen molar-refractivity contribution in [2.75, 3.05) is 25.4 Å². The third-order valence-electron chi connectivity index (χ3n) is 3.51. The first-order valence-electron chi connectivity index (χ1n) is 6.41. The van der Waals surface area contributed by atoms with Gasteiger partial charge in [-0.1, -0.05) is 18.2 Å². The van der Waals surface area contributed by atoms with Crippen LogP contribution in [0.15, 0.2) is 35.2 Å². The smallest absolute Gasteiger partial charge is 0.0108 e. The van der Waals surface area contributed by atoms with Gasteiger partial charge in [-0.3, -0.25) is 4.90 Å². The van der Waals surface area contributed by atoms with Crippen LogP contribution in [0.25, 0.3) is 0 Å². The highest BCUT2D eigenvalue weighted by atomic mass is 35.5. The van der Waals surface area contributed by atoms with Crippen LogP contribution in [-0.2, 0) is 0 Å². The first-order chi connectivity index (χ1) is 8.29. The number of hydrogen-bond donors (Lipinski definition) is 1. The molecule has 1 fully saturated rings. The molecule has 1 aromatic rings. The molecule has 1 aliphatic heterocycles. The van der Waals surface area contributed by atoms with Gasteiger partial charge in [-0.2, -0.15) is 0 Å². The van der Waals surface area contributed by atoms with E-state index in [0.717, 1.165) is 6.54 Å². The lowest BCUT2D eigenvalue weighted by Gasteiger charge is -2.20. The van der Waals surface area contributed by atoms with Crippen molar-refractivity contribution in [1.29, 1.82) is 0 Å². The van der Waals surface area contributed by atoms with E-state index in [1.165, 1.54) is 30.2 Å². The van der Waals surface area contributed by atoms with Crippen molar-refractivity contribution in [3.63, 3.8) is 0 Å². The van der Waals surface area contributed by atoms with Gasteiger partial charge in [0.05, 0.1) is 0 Å². The Labute approximate surface area is 121 Å². The third-order valence-corrected chi connectivity index (χ3v) is 4.51. The first-order valence-corrected chi connectivity index (χ1v) is 7.40. The molecule has 0 bridgehead atoms.